The van der Waals surface area contributed by atoms with E-state index in [1.54, 1.807) is 6.20 Å². The van der Waals surface area contributed by atoms with Crippen LogP contribution in [0.4, 0.5) is 5.95 Å². The Labute approximate surface area is 131 Å². The molecule has 0 bridgehead atoms. The number of hydrogen-bond donors (Lipinski definition) is 3. The van der Waals surface area contributed by atoms with Crippen molar-refractivity contribution in [3.63, 3.8) is 0 Å². The molecule has 0 saturated carbocycles. The number of carbonyl (C=O) groups is 1. The SMILES string of the molecule is C=C1c2cnc(N)nc2-c2[nH]c(-c3ccccc3)c(C(N)=O)c21. The monoisotopic (exact) mass is 303 g/mol. The van der Waals surface area contributed by atoms with Crippen LogP contribution in [0.1, 0.15) is 21.5 Å². The number of nitrogens with zero attached hydrogens (tertiary/aromatic N) is 2. The number of carbonyl (C=O) groups excluding carboxylic acids is 1. The molecule has 1 amide bonds. The van der Waals surface area contributed by atoms with Gasteiger partial charge in [0.25, 0.3) is 5.91 Å². The topological polar surface area (TPSA) is 111 Å². The quantitative estimate of drug-likeness (QED) is 0.527. The Bertz CT molecular complexity index is 972. The summed E-state index contributed by atoms with van der Waals surface area (Å²) in [4.78, 5) is 23.6. The van der Waals surface area contributed by atoms with Gasteiger partial charge in [-0.2, -0.15) is 0 Å². The first-order valence-electron chi connectivity index (χ1n) is 7.01. The molecular weight excluding hydrogens is 290 g/mol. The van der Waals surface area contributed by atoms with E-state index >= 15 is 0 Å². The number of H-pyrrole nitrogens is 1. The predicted octanol–water partition coefficient (Wildman–Crippen LogP) is 2.19. The van der Waals surface area contributed by atoms with Crippen LogP contribution >= 0.6 is 0 Å². The van der Waals surface area contributed by atoms with Gasteiger partial charge in [0.2, 0.25) is 5.95 Å². The van der Waals surface area contributed by atoms with Gasteiger partial charge in [0, 0.05) is 17.3 Å². The van der Waals surface area contributed by atoms with Crippen molar-refractivity contribution in [1.82, 2.24) is 15.0 Å². The highest BCUT2D eigenvalue weighted by Crippen LogP contribution is 2.46. The number of amides is 1. The molecule has 0 radical (unpaired) electrons. The predicted molar refractivity (Wildman–Crippen MR) is 88.3 cm³/mol. The summed E-state index contributed by atoms with van der Waals surface area (Å²) in [5, 5.41) is 0. The molecule has 23 heavy (non-hydrogen) atoms. The molecule has 0 spiro atoms. The van der Waals surface area contributed by atoms with Crippen LogP contribution in [0.3, 0.4) is 0 Å². The van der Waals surface area contributed by atoms with Crippen LogP contribution in [-0.2, 0) is 0 Å². The normalized spacial score (nSPS) is 12.1. The highest BCUT2D eigenvalue weighted by atomic mass is 16.1. The first kappa shape index (κ1) is 13.3. The fourth-order valence-corrected chi connectivity index (χ4v) is 2.99. The zero-order valence-corrected chi connectivity index (χ0v) is 12.1. The highest BCUT2D eigenvalue weighted by Gasteiger charge is 2.33. The highest BCUT2D eigenvalue weighted by molar-refractivity contribution is 6.12. The summed E-state index contributed by atoms with van der Waals surface area (Å²) in [5.41, 5.74) is 16.7. The number of nitrogens with one attached hydrogen (secondary N) is 1. The first-order chi connectivity index (χ1) is 11.1. The Morgan fingerprint density at radius 3 is 2.61 bits per heavy atom. The molecular formula is C17H13N5O. The number of benzene rings is 1. The maximum Gasteiger partial charge on any atom is 0.251 e. The van der Waals surface area contributed by atoms with Crippen LogP contribution in [0.2, 0.25) is 0 Å². The smallest absolute Gasteiger partial charge is 0.251 e. The van der Waals surface area contributed by atoms with Crippen LogP contribution in [0.25, 0.3) is 28.2 Å². The van der Waals surface area contributed by atoms with Gasteiger partial charge in [0.05, 0.1) is 17.0 Å². The maximum absolute atomic E-state index is 12.1. The Kier molecular flexibility index (Phi) is 2.62. The Balaban J connectivity index is 2.05. The summed E-state index contributed by atoms with van der Waals surface area (Å²) in [6, 6.07) is 9.52. The van der Waals surface area contributed by atoms with Gasteiger partial charge in [-0.15, -0.1) is 0 Å². The van der Waals surface area contributed by atoms with Crippen molar-refractivity contribution in [1.29, 1.82) is 0 Å². The van der Waals surface area contributed by atoms with Crippen molar-refractivity contribution < 1.29 is 4.79 Å². The molecule has 0 unspecified atom stereocenters. The van der Waals surface area contributed by atoms with Gasteiger partial charge in [0.15, 0.2) is 0 Å². The second kappa shape index (κ2) is 4.54. The van der Waals surface area contributed by atoms with Crippen LogP contribution in [0.15, 0.2) is 43.1 Å². The molecule has 0 fully saturated rings. The number of primary amides is 1. The number of fused-ring (bicyclic) bond motifs is 3. The van der Waals surface area contributed by atoms with Gasteiger partial charge >= 0.3 is 0 Å². The molecule has 112 valence electrons. The maximum atomic E-state index is 12.1. The number of nitrogen functional groups attached to an aromatic ring is 1. The lowest BCUT2D eigenvalue weighted by Gasteiger charge is -2.06. The third kappa shape index (κ3) is 1.78. The van der Waals surface area contributed by atoms with Crippen molar-refractivity contribution >= 4 is 17.4 Å². The molecule has 6 nitrogen and oxygen atoms in total. The molecule has 4 rings (SSSR count). The minimum absolute atomic E-state index is 0.167. The molecule has 1 aliphatic rings. The Hall–Kier alpha value is -3.41. The molecule has 2 heterocycles. The van der Waals surface area contributed by atoms with E-state index in [1.807, 2.05) is 30.3 Å². The molecule has 1 aliphatic carbocycles. The number of aromatic amines is 1. The molecule has 5 N–H and O–H groups in total. The van der Waals surface area contributed by atoms with Crippen LogP contribution in [-0.4, -0.2) is 20.9 Å². The van der Waals surface area contributed by atoms with Crippen molar-refractivity contribution in [2.75, 3.05) is 5.73 Å². The summed E-state index contributed by atoms with van der Waals surface area (Å²) in [6.45, 7) is 4.07. The largest absolute Gasteiger partial charge is 0.368 e. The van der Waals surface area contributed by atoms with E-state index < -0.39 is 5.91 Å². The number of rotatable bonds is 2. The van der Waals surface area contributed by atoms with Crippen molar-refractivity contribution in [3.8, 4) is 22.6 Å². The van der Waals surface area contributed by atoms with Gasteiger partial charge in [-0.3, -0.25) is 4.79 Å². The second-order valence-electron chi connectivity index (χ2n) is 5.32. The number of aromatic nitrogens is 3. The summed E-state index contributed by atoms with van der Waals surface area (Å²) >= 11 is 0. The zero-order valence-electron chi connectivity index (χ0n) is 12.1. The summed E-state index contributed by atoms with van der Waals surface area (Å²) in [7, 11) is 0. The molecule has 2 aromatic heterocycles. The summed E-state index contributed by atoms with van der Waals surface area (Å²) in [5.74, 6) is -0.350. The lowest BCUT2D eigenvalue weighted by Crippen LogP contribution is -2.13. The molecule has 3 aromatic rings. The fourth-order valence-electron chi connectivity index (χ4n) is 2.99. The van der Waals surface area contributed by atoms with E-state index in [2.05, 4.69) is 21.5 Å². The van der Waals surface area contributed by atoms with Gasteiger partial charge in [0.1, 0.15) is 5.69 Å². The van der Waals surface area contributed by atoms with E-state index in [-0.39, 0.29) is 5.95 Å². The van der Waals surface area contributed by atoms with E-state index in [4.69, 9.17) is 11.5 Å². The number of hydrogen-bond acceptors (Lipinski definition) is 4. The lowest BCUT2D eigenvalue weighted by atomic mass is 10.00. The molecule has 0 atom stereocenters. The number of anilines is 1. The van der Waals surface area contributed by atoms with Gasteiger partial charge in [-0.25, -0.2) is 9.97 Å². The lowest BCUT2D eigenvalue weighted by molar-refractivity contribution is 0.100. The molecule has 6 heteroatoms. The first-order valence-corrected chi connectivity index (χ1v) is 7.01. The average molecular weight is 303 g/mol. The molecule has 0 saturated heterocycles. The van der Waals surface area contributed by atoms with E-state index in [0.717, 1.165) is 11.1 Å². The second-order valence-corrected chi connectivity index (χ2v) is 5.32. The standard InChI is InChI=1S/C17H13N5O/c1-8-10-7-20-17(19)22-14(10)15-11(8)12(16(18)23)13(21-15)9-5-3-2-4-6-9/h2-7,21H,1H2,(H2,18,23)(H2,19,20,22). The van der Waals surface area contributed by atoms with Crippen LogP contribution < -0.4 is 11.5 Å². The van der Waals surface area contributed by atoms with E-state index in [9.17, 15) is 4.79 Å². The van der Waals surface area contributed by atoms with Crippen molar-refractivity contribution in [2.45, 2.75) is 0 Å². The van der Waals surface area contributed by atoms with Gasteiger partial charge in [-0.1, -0.05) is 36.9 Å². The summed E-state index contributed by atoms with van der Waals surface area (Å²) in [6.07, 6.45) is 1.61. The van der Waals surface area contributed by atoms with E-state index in [0.29, 0.717) is 33.8 Å². The summed E-state index contributed by atoms with van der Waals surface area (Å²) < 4.78 is 0. The fraction of sp³-hybridized carbons (Fsp3) is 0. The third-order valence-electron chi connectivity index (χ3n) is 3.98. The van der Waals surface area contributed by atoms with Crippen LogP contribution in [0.5, 0.6) is 0 Å². The Morgan fingerprint density at radius 2 is 1.91 bits per heavy atom. The Morgan fingerprint density at radius 1 is 1.17 bits per heavy atom. The molecule has 1 aromatic carbocycles. The minimum Gasteiger partial charge on any atom is -0.368 e. The number of nitrogens with two attached hydrogens (primary N) is 2. The van der Waals surface area contributed by atoms with Crippen LogP contribution in [0, 0.1) is 0 Å². The average Bonchev–Trinajstić information content (AvgIpc) is 3.05. The van der Waals surface area contributed by atoms with Gasteiger partial charge < -0.3 is 16.5 Å². The van der Waals surface area contributed by atoms with Crippen molar-refractivity contribution in [2.24, 2.45) is 5.73 Å². The minimum atomic E-state index is -0.517. The zero-order chi connectivity index (χ0) is 16.1. The van der Waals surface area contributed by atoms with Gasteiger partial charge in [-0.05, 0) is 11.1 Å². The third-order valence-corrected chi connectivity index (χ3v) is 3.98. The van der Waals surface area contributed by atoms with Crippen molar-refractivity contribution in [3.05, 3.63) is 59.8 Å². The van der Waals surface area contributed by atoms with E-state index in [1.165, 1.54) is 0 Å². The molecule has 0 aliphatic heterocycles.